The number of nitrogens with two attached hydrogens (primary N) is 1. The second kappa shape index (κ2) is 8.11. The highest BCUT2D eigenvalue weighted by atomic mass is 19.1. The molecule has 1 aromatic heterocycles. The maximum Gasteiger partial charge on any atom is 0.341 e. The summed E-state index contributed by atoms with van der Waals surface area (Å²) < 4.78 is 47.4. The lowest BCUT2D eigenvalue weighted by atomic mass is 10.0. The van der Waals surface area contributed by atoms with Crippen LogP contribution in [0.25, 0.3) is 5.69 Å². The maximum absolute atomic E-state index is 14.6. The standard InChI is InChI=1S/C20H13F3N2O5/c21-11-3-1-10(2-4-11)19(29)13-5-6-16(26)25(20(13)24)18-14(22)7-12(8-15(18)23)30-9-17(27)28/h1-8H,9,24H2,(H,27,28). The highest BCUT2D eigenvalue weighted by molar-refractivity contribution is 6.11. The van der Waals surface area contributed by atoms with Crippen molar-refractivity contribution in [3.05, 3.63) is 87.5 Å². The van der Waals surface area contributed by atoms with Crippen LogP contribution in [0.4, 0.5) is 19.0 Å². The molecule has 0 aliphatic carbocycles. The number of rotatable bonds is 6. The Balaban J connectivity index is 2.10. The van der Waals surface area contributed by atoms with Gasteiger partial charge in [-0.2, -0.15) is 0 Å². The van der Waals surface area contributed by atoms with Crippen LogP contribution in [0.2, 0.25) is 0 Å². The lowest BCUT2D eigenvalue weighted by Crippen LogP contribution is -2.25. The average Bonchev–Trinajstić information content (AvgIpc) is 2.68. The summed E-state index contributed by atoms with van der Waals surface area (Å²) in [5.41, 5.74) is 3.92. The van der Waals surface area contributed by atoms with E-state index in [0.29, 0.717) is 16.7 Å². The Bertz CT molecular complexity index is 1180. The van der Waals surface area contributed by atoms with Crippen molar-refractivity contribution in [2.75, 3.05) is 12.3 Å². The van der Waals surface area contributed by atoms with E-state index in [9.17, 15) is 27.6 Å². The fourth-order valence-corrected chi connectivity index (χ4v) is 2.72. The number of carbonyl (C=O) groups is 2. The average molecular weight is 418 g/mol. The Kier molecular flexibility index (Phi) is 5.58. The molecule has 0 aliphatic heterocycles. The van der Waals surface area contributed by atoms with Gasteiger partial charge in [0.1, 0.15) is 23.1 Å². The number of carboxylic acids is 1. The zero-order valence-corrected chi connectivity index (χ0v) is 15.1. The van der Waals surface area contributed by atoms with Crippen LogP contribution in [-0.2, 0) is 4.79 Å². The molecule has 0 fully saturated rings. The third-order valence-corrected chi connectivity index (χ3v) is 4.06. The molecule has 2 aromatic carbocycles. The third kappa shape index (κ3) is 4.02. The third-order valence-electron chi connectivity index (χ3n) is 4.06. The molecule has 0 unspecified atom stereocenters. The van der Waals surface area contributed by atoms with E-state index < -0.39 is 58.6 Å². The minimum absolute atomic E-state index is 0.0478. The quantitative estimate of drug-likeness (QED) is 0.595. The van der Waals surface area contributed by atoms with E-state index >= 15 is 0 Å². The maximum atomic E-state index is 14.6. The molecule has 3 N–H and O–H groups in total. The minimum Gasteiger partial charge on any atom is -0.482 e. The Labute approximate surface area is 166 Å². The second-order valence-corrected chi connectivity index (χ2v) is 6.06. The van der Waals surface area contributed by atoms with Crippen molar-refractivity contribution in [3.63, 3.8) is 0 Å². The van der Waals surface area contributed by atoms with E-state index in [1.807, 2.05) is 0 Å². The van der Waals surface area contributed by atoms with Gasteiger partial charge >= 0.3 is 5.97 Å². The van der Waals surface area contributed by atoms with Crippen LogP contribution in [0, 0.1) is 17.5 Å². The molecule has 1 heterocycles. The lowest BCUT2D eigenvalue weighted by Gasteiger charge is -2.15. The van der Waals surface area contributed by atoms with Crippen molar-refractivity contribution in [1.82, 2.24) is 4.57 Å². The number of ether oxygens (including phenoxy) is 1. The number of halogens is 3. The predicted molar refractivity (Wildman–Crippen MR) is 99.3 cm³/mol. The number of nitrogens with zero attached hydrogens (tertiary/aromatic N) is 1. The summed E-state index contributed by atoms with van der Waals surface area (Å²) in [6.07, 6.45) is 0. The van der Waals surface area contributed by atoms with Gasteiger partial charge in [0.05, 0.1) is 5.56 Å². The van der Waals surface area contributed by atoms with E-state index in [-0.39, 0.29) is 11.1 Å². The van der Waals surface area contributed by atoms with E-state index in [1.54, 1.807) is 0 Å². The van der Waals surface area contributed by atoms with Crippen LogP contribution < -0.4 is 16.0 Å². The van der Waals surface area contributed by atoms with Crippen LogP contribution in [0.1, 0.15) is 15.9 Å². The fraction of sp³-hybridized carbons (Fsp3) is 0.0500. The molecular weight excluding hydrogens is 405 g/mol. The molecule has 0 aliphatic rings. The van der Waals surface area contributed by atoms with Gasteiger partial charge in [0.2, 0.25) is 0 Å². The van der Waals surface area contributed by atoms with E-state index in [1.165, 1.54) is 12.1 Å². The molecule has 0 spiro atoms. The van der Waals surface area contributed by atoms with Crippen LogP contribution in [0.15, 0.2) is 53.3 Å². The van der Waals surface area contributed by atoms with Crippen LogP contribution in [0.5, 0.6) is 5.75 Å². The zero-order valence-electron chi connectivity index (χ0n) is 15.1. The smallest absolute Gasteiger partial charge is 0.341 e. The summed E-state index contributed by atoms with van der Waals surface area (Å²) in [6, 6.07) is 7.86. The van der Waals surface area contributed by atoms with Gasteiger partial charge in [0.25, 0.3) is 5.56 Å². The molecule has 10 heteroatoms. The second-order valence-electron chi connectivity index (χ2n) is 6.06. The molecule has 7 nitrogen and oxygen atoms in total. The van der Waals surface area contributed by atoms with E-state index in [2.05, 4.69) is 0 Å². The number of benzene rings is 2. The van der Waals surface area contributed by atoms with Crippen molar-refractivity contribution >= 4 is 17.6 Å². The van der Waals surface area contributed by atoms with E-state index in [0.717, 1.165) is 24.3 Å². The summed E-state index contributed by atoms with van der Waals surface area (Å²) in [6.45, 7) is -0.831. The summed E-state index contributed by atoms with van der Waals surface area (Å²) in [4.78, 5) is 35.5. The van der Waals surface area contributed by atoms with Crippen LogP contribution in [-0.4, -0.2) is 28.0 Å². The van der Waals surface area contributed by atoms with Crippen molar-refractivity contribution in [3.8, 4) is 11.4 Å². The van der Waals surface area contributed by atoms with Crippen molar-refractivity contribution in [1.29, 1.82) is 0 Å². The molecular formula is C20H13F3N2O5. The number of pyridine rings is 1. The van der Waals surface area contributed by atoms with Crippen LogP contribution in [0.3, 0.4) is 0 Å². The Morgan fingerprint density at radius 2 is 1.60 bits per heavy atom. The summed E-state index contributed by atoms with van der Waals surface area (Å²) in [5, 5.41) is 8.58. The lowest BCUT2D eigenvalue weighted by molar-refractivity contribution is -0.139. The summed E-state index contributed by atoms with van der Waals surface area (Å²) in [7, 11) is 0. The van der Waals surface area contributed by atoms with Crippen molar-refractivity contribution in [2.45, 2.75) is 0 Å². The first-order valence-electron chi connectivity index (χ1n) is 8.35. The number of carboxylic acid groups (broad SMARTS) is 1. The molecule has 0 amide bonds. The highest BCUT2D eigenvalue weighted by Gasteiger charge is 2.22. The monoisotopic (exact) mass is 418 g/mol. The number of hydrogen-bond donors (Lipinski definition) is 2. The number of carbonyl (C=O) groups excluding carboxylic acids is 1. The molecule has 0 radical (unpaired) electrons. The minimum atomic E-state index is -1.35. The normalized spacial score (nSPS) is 10.6. The van der Waals surface area contributed by atoms with Crippen LogP contribution >= 0.6 is 0 Å². The van der Waals surface area contributed by atoms with Gasteiger partial charge in [-0.3, -0.25) is 14.2 Å². The SMILES string of the molecule is Nc1c(C(=O)c2ccc(F)cc2)ccc(=O)n1-c1c(F)cc(OCC(=O)O)cc1F. The molecule has 0 saturated carbocycles. The van der Waals surface area contributed by atoms with Crippen molar-refractivity contribution < 1.29 is 32.6 Å². The molecule has 3 rings (SSSR count). The Morgan fingerprint density at radius 3 is 2.17 bits per heavy atom. The number of hydrogen-bond acceptors (Lipinski definition) is 5. The number of aliphatic carboxylic acids is 1. The first-order valence-corrected chi connectivity index (χ1v) is 8.35. The predicted octanol–water partition coefficient (Wildman–Crippen LogP) is 2.53. The molecule has 30 heavy (non-hydrogen) atoms. The highest BCUT2D eigenvalue weighted by Crippen LogP contribution is 2.26. The van der Waals surface area contributed by atoms with Gasteiger partial charge in [-0.25, -0.2) is 18.0 Å². The molecule has 0 bridgehead atoms. The van der Waals surface area contributed by atoms with Gasteiger partial charge < -0.3 is 15.6 Å². The van der Waals surface area contributed by atoms with Gasteiger partial charge in [0, 0.05) is 23.8 Å². The summed E-state index contributed by atoms with van der Waals surface area (Å²) >= 11 is 0. The van der Waals surface area contributed by atoms with E-state index in [4.69, 9.17) is 15.6 Å². The Hall–Kier alpha value is -4.08. The number of aromatic nitrogens is 1. The fourth-order valence-electron chi connectivity index (χ4n) is 2.72. The van der Waals surface area contributed by atoms with Gasteiger partial charge in [-0.15, -0.1) is 0 Å². The largest absolute Gasteiger partial charge is 0.482 e. The number of anilines is 1. The first kappa shape index (κ1) is 20.6. The molecule has 0 atom stereocenters. The summed E-state index contributed by atoms with van der Waals surface area (Å²) in [5.74, 6) is -6.10. The number of nitrogen functional groups attached to an aromatic ring is 1. The first-order chi connectivity index (χ1) is 14.2. The number of ketones is 1. The zero-order chi connectivity index (χ0) is 22.0. The van der Waals surface area contributed by atoms with Gasteiger partial charge in [-0.1, -0.05) is 0 Å². The molecule has 154 valence electrons. The van der Waals surface area contributed by atoms with Gasteiger partial charge in [0.15, 0.2) is 24.0 Å². The molecule has 0 saturated heterocycles. The molecule has 3 aromatic rings. The topological polar surface area (TPSA) is 112 Å². The van der Waals surface area contributed by atoms with Crippen molar-refractivity contribution in [2.24, 2.45) is 0 Å². The Morgan fingerprint density at radius 1 is 1.00 bits per heavy atom. The van der Waals surface area contributed by atoms with Gasteiger partial charge in [-0.05, 0) is 30.3 Å².